The van der Waals surface area contributed by atoms with Gasteiger partial charge in [0.25, 0.3) is 0 Å². The molecule has 1 aliphatic rings. The van der Waals surface area contributed by atoms with E-state index in [1.807, 2.05) is 7.05 Å². The van der Waals surface area contributed by atoms with Gasteiger partial charge in [0.05, 0.1) is 6.04 Å². The summed E-state index contributed by atoms with van der Waals surface area (Å²) in [7, 11) is 6.74. The largest absolute Gasteiger partial charge is 0.388 e. The number of rotatable bonds is 1. The maximum Gasteiger partial charge on any atom is 0.137 e. The highest BCUT2D eigenvalue weighted by Crippen LogP contribution is 2.11. The number of likely N-dealkylation sites (tertiary alicyclic amines) is 1. The third-order valence-electron chi connectivity index (χ3n) is 1.73. The minimum atomic E-state index is 0.218. The lowest BCUT2D eigenvalue weighted by molar-refractivity contribution is -0.111. The second kappa shape index (κ2) is 20.0. The third kappa shape index (κ3) is 16.0. The monoisotopic (exact) mass is 234 g/mol. The van der Waals surface area contributed by atoms with Crippen LogP contribution in [0, 0.1) is 0 Å². The van der Waals surface area contributed by atoms with E-state index in [-0.39, 0.29) is 6.04 Å². The molecule has 0 unspecified atom stereocenters. The molecule has 100 valence electrons. The van der Waals surface area contributed by atoms with Gasteiger partial charge >= 0.3 is 0 Å². The fourth-order valence-electron chi connectivity index (χ4n) is 1.11. The number of hydrogen-bond donors (Lipinski definition) is 1. The lowest BCUT2D eigenvalue weighted by Crippen LogP contribution is -2.25. The highest BCUT2D eigenvalue weighted by Gasteiger charge is 2.18. The molecule has 1 heterocycles. The van der Waals surface area contributed by atoms with E-state index < -0.39 is 0 Å². The standard InChI is InChI=1S/C6H11NO.C3H8.C2H6O.CH5N/c1-7-4-2-3-6(7)5-8;2*1-3-2;1-2/h5-6H,2-4H2,1H3;3H2,1-2H3;1-2H3;2H2,1H3/t6-;;;/m0.../s1. The van der Waals surface area contributed by atoms with Crippen molar-refractivity contribution in [1.82, 2.24) is 4.90 Å². The van der Waals surface area contributed by atoms with Gasteiger partial charge in [0.2, 0.25) is 0 Å². The molecule has 16 heavy (non-hydrogen) atoms. The third-order valence-corrected chi connectivity index (χ3v) is 1.73. The summed E-state index contributed by atoms with van der Waals surface area (Å²) in [5, 5.41) is 0. The SMILES string of the molecule is CCC.CN.CN1CCC[C@H]1C=O.COC. The number of nitrogens with two attached hydrogens (primary N) is 1. The van der Waals surface area contributed by atoms with Gasteiger partial charge in [-0.1, -0.05) is 20.3 Å². The summed E-state index contributed by atoms with van der Waals surface area (Å²) in [6, 6.07) is 0.218. The molecular weight excluding hydrogens is 204 g/mol. The lowest BCUT2D eigenvalue weighted by Gasteiger charge is -2.10. The van der Waals surface area contributed by atoms with Gasteiger partial charge in [0, 0.05) is 14.2 Å². The Morgan fingerprint density at radius 2 is 1.75 bits per heavy atom. The number of carbonyl (C=O) groups excluding carboxylic acids is 1. The first-order valence-electron chi connectivity index (χ1n) is 5.81. The topological polar surface area (TPSA) is 55.6 Å². The van der Waals surface area contributed by atoms with E-state index in [1.54, 1.807) is 14.2 Å². The van der Waals surface area contributed by atoms with Crippen molar-refractivity contribution < 1.29 is 9.53 Å². The zero-order valence-corrected chi connectivity index (χ0v) is 11.8. The Hall–Kier alpha value is -0.450. The van der Waals surface area contributed by atoms with E-state index in [0.29, 0.717) is 0 Å². The first kappa shape index (κ1) is 20.9. The van der Waals surface area contributed by atoms with Gasteiger partial charge in [-0.3, -0.25) is 4.90 Å². The second-order valence-electron chi connectivity index (χ2n) is 3.44. The maximum absolute atomic E-state index is 10.2. The summed E-state index contributed by atoms with van der Waals surface area (Å²) in [4.78, 5) is 12.3. The Labute approximate surface area is 101 Å². The first-order chi connectivity index (χ1) is 7.67. The van der Waals surface area contributed by atoms with Crippen molar-refractivity contribution in [2.75, 3.05) is 34.9 Å². The Bertz CT molecular complexity index is 120. The molecular formula is C12H30N2O2. The molecule has 4 heteroatoms. The van der Waals surface area contributed by atoms with E-state index in [1.165, 1.54) is 19.9 Å². The highest BCUT2D eigenvalue weighted by atomic mass is 16.4. The van der Waals surface area contributed by atoms with Crippen molar-refractivity contribution in [2.45, 2.75) is 39.2 Å². The molecule has 1 rings (SSSR count). The zero-order valence-electron chi connectivity index (χ0n) is 11.8. The highest BCUT2D eigenvalue weighted by molar-refractivity contribution is 5.57. The zero-order chi connectivity index (χ0) is 13.4. The number of likely N-dealkylation sites (N-methyl/N-ethyl adjacent to an activating group) is 1. The van der Waals surface area contributed by atoms with Crippen LogP contribution < -0.4 is 5.73 Å². The van der Waals surface area contributed by atoms with Crippen molar-refractivity contribution in [3.63, 3.8) is 0 Å². The van der Waals surface area contributed by atoms with Crippen LogP contribution in [0.2, 0.25) is 0 Å². The average molecular weight is 234 g/mol. The summed E-state index contributed by atoms with van der Waals surface area (Å²) in [5.74, 6) is 0. The number of methoxy groups -OCH3 is 1. The van der Waals surface area contributed by atoms with Crippen LogP contribution in [0.25, 0.3) is 0 Å². The van der Waals surface area contributed by atoms with Gasteiger partial charge < -0.3 is 15.3 Å². The molecule has 0 aromatic carbocycles. The molecule has 2 N–H and O–H groups in total. The molecule has 0 aliphatic carbocycles. The van der Waals surface area contributed by atoms with Crippen LogP contribution in [-0.2, 0) is 9.53 Å². The molecule has 1 saturated heterocycles. The summed E-state index contributed by atoms with van der Waals surface area (Å²) in [5.41, 5.74) is 4.50. The Kier molecular flexibility index (Phi) is 26.2. The number of aldehydes is 1. The second-order valence-corrected chi connectivity index (χ2v) is 3.44. The molecule has 0 aromatic heterocycles. The van der Waals surface area contributed by atoms with Gasteiger partial charge in [-0.25, -0.2) is 0 Å². The molecule has 4 nitrogen and oxygen atoms in total. The van der Waals surface area contributed by atoms with Gasteiger partial charge in [-0.05, 0) is 33.5 Å². The quantitative estimate of drug-likeness (QED) is 0.699. The van der Waals surface area contributed by atoms with Crippen LogP contribution in [0.15, 0.2) is 0 Å². The molecule has 0 saturated carbocycles. The van der Waals surface area contributed by atoms with E-state index in [9.17, 15) is 4.79 Å². The molecule has 1 aliphatic heterocycles. The number of hydrogen-bond acceptors (Lipinski definition) is 4. The summed E-state index contributed by atoms with van der Waals surface area (Å²) >= 11 is 0. The molecule has 0 bridgehead atoms. The lowest BCUT2D eigenvalue weighted by atomic mass is 10.2. The predicted molar refractivity (Wildman–Crippen MR) is 70.7 cm³/mol. The molecule has 0 radical (unpaired) electrons. The average Bonchev–Trinajstić information content (AvgIpc) is 2.69. The summed E-state index contributed by atoms with van der Waals surface area (Å²) < 4.78 is 4.25. The Morgan fingerprint density at radius 1 is 1.38 bits per heavy atom. The van der Waals surface area contributed by atoms with Crippen LogP contribution in [-0.4, -0.2) is 52.1 Å². The Balaban J connectivity index is -0.000000179. The van der Waals surface area contributed by atoms with Gasteiger partial charge in [0.15, 0.2) is 0 Å². The Morgan fingerprint density at radius 3 is 1.88 bits per heavy atom. The first-order valence-corrected chi connectivity index (χ1v) is 5.81. The van der Waals surface area contributed by atoms with Crippen LogP contribution in [0.1, 0.15) is 33.1 Å². The molecule has 1 atom stereocenters. The van der Waals surface area contributed by atoms with Gasteiger partial charge in [0.1, 0.15) is 6.29 Å². The summed E-state index contributed by atoms with van der Waals surface area (Å²) in [6.07, 6.45) is 4.52. The van der Waals surface area contributed by atoms with Gasteiger partial charge in [-0.15, -0.1) is 0 Å². The maximum atomic E-state index is 10.2. The van der Waals surface area contributed by atoms with Crippen LogP contribution in [0.3, 0.4) is 0 Å². The number of ether oxygens (including phenoxy) is 1. The molecule has 0 spiro atoms. The van der Waals surface area contributed by atoms with Gasteiger partial charge in [-0.2, -0.15) is 0 Å². The fraction of sp³-hybridized carbons (Fsp3) is 0.917. The van der Waals surface area contributed by atoms with E-state index in [4.69, 9.17) is 0 Å². The molecule has 0 amide bonds. The van der Waals surface area contributed by atoms with Crippen LogP contribution >= 0.6 is 0 Å². The van der Waals surface area contributed by atoms with Crippen molar-refractivity contribution >= 4 is 6.29 Å². The minimum Gasteiger partial charge on any atom is -0.388 e. The molecule has 1 fully saturated rings. The fourth-order valence-corrected chi connectivity index (χ4v) is 1.11. The summed E-state index contributed by atoms with van der Waals surface area (Å²) in [6.45, 7) is 5.34. The van der Waals surface area contributed by atoms with E-state index >= 15 is 0 Å². The van der Waals surface area contributed by atoms with Crippen LogP contribution in [0.4, 0.5) is 0 Å². The van der Waals surface area contributed by atoms with Crippen molar-refractivity contribution in [3.8, 4) is 0 Å². The normalized spacial score (nSPS) is 18.1. The van der Waals surface area contributed by atoms with Crippen molar-refractivity contribution in [1.29, 1.82) is 0 Å². The minimum absolute atomic E-state index is 0.218. The van der Waals surface area contributed by atoms with E-state index in [2.05, 4.69) is 29.2 Å². The number of nitrogens with zero attached hydrogens (tertiary/aromatic N) is 1. The number of carbonyl (C=O) groups is 1. The van der Waals surface area contributed by atoms with E-state index in [0.717, 1.165) is 19.3 Å². The van der Waals surface area contributed by atoms with Crippen LogP contribution in [0.5, 0.6) is 0 Å². The van der Waals surface area contributed by atoms with Crippen molar-refractivity contribution in [3.05, 3.63) is 0 Å². The predicted octanol–water partition coefficient (Wildman–Crippen LogP) is 1.53. The van der Waals surface area contributed by atoms with Crippen molar-refractivity contribution in [2.24, 2.45) is 5.73 Å². The smallest absolute Gasteiger partial charge is 0.137 e. The molecule has 0 aromatic rings.